The van der Waals surface area contributed by atoms with E-state index in [1.807, 2.05) is 0 Å². The van der Waals surface area contributed by atoms with Gasteiger partial charge in [0, 0.05) is 6.04 Å². The van der Waals surface area contributed by atoms with E-state index in [4.69, 9.17) is 9.63 Å². The average molecular weight is 429 g/mol. The summed E-state index contributed by atoms with van der Waals surface area (Å²) >= 11 is 0. The number of rotatable bonds is 3. The van der Waals surface area contributed by atoms with Crippen molar-refractivity contribution in [3.8, 4) is 0 Å². The molecule has 7 atom stereocenters. The zero-order valence-electron chi connectivity index (χ0n) is 20.9. The molecule has 0 aliphatic heterocycles. The van der Waals surface area contributed by atoms with Gasteiger partial charge in [-0.25, -0.2) is 0 Å². The van der Waals surface area contributed by atoms with E-state index >= 15 is 0 Å². The summed E-state index contributed by atoms with van der Waals surface area (Å²) in [5, 5.41) is 7.99. The molecule has 174 valence electrons. The van der Waals surface area contributed by atoms with Gasteiger partial charge in [0.2, 0.25) is 0 Å². The lowest BCUT2D eigenvalue weighted by molar-refractivity contribution is -0.106. The van der Waals surface area contributed by atoms with E-state index in [2.05, 4.69) is 51.3 Å². The third-order valence-corrected chi connectivity index (χ3v) is 10.9. The lowest BCUT2D eigenvalue weighted by Gasteiger charge is -2.59. The highest BCUT2D eigenvalue weighted by Gasteiger charge is 2.79. The van der Waals surface area contributed by atoms with Crippen molar-refractivity contribution in [2.75, 3.05) is 14.2 Å². The van der Waals surface area contributed by atoms with Gasteiger partial charge < -0.3 is 14.9 Å². The van der Waals surface area contributed by atoms with Crippen LogP contribution >= 0.6 is 0 Å². The summed E-state index contributed by atoms with van der Waals surface area (Å²) in [5.41, 5.74) is 4.67. The fraction of sp³-hybridized carbons (Fsp3) is 0.852. The Hall–Kier alpha value is -1.16. The molecule has 0 aromatic carbocycles. The smallest absolute Gasteiger partial charge is 0.116 e. The molecule has 0 aromatic heterocycles. The Kier molecular flexibility index (Phi) is 5.72. The third kappa shape index (κ3) is 2.96. The zero-order valence-corrected chi connectivity index (χ0v) is 20.9. The van der Waals surface area contributed by atoms with Crippen LogP contribution in [0.25, 0.3) is 0 Å². The zero-order chi connectivity index (χ0) is 22.7. The summed E-state index contributed by atoms with van der Waals surface area (Å²) in [5.74, 6) is 2.66. The first kappa shape index (κ1) is 23.0. The summed E-state index contributed by atoms with van der Waals surface area (Å²) < 4.78 is 0. The molecule has 5 aliphatic rings. The van der Waals surface area contributed by atoms with Gasteiger partial charge in [-0.1, -0.05) is 32.0 Å². The first-order valence-electron chi connectivity index (χ1n) is 12.5. The van der Waals surface area contributed by atoms with E-state index in [9.17, 15) is 0 Å². The Morgan fingerprint density at radius 3 is 2.48 bits per heavy atom. The number of aldehydes is 1. The molecule has 0 bridgehead atoms. The maximum Gasteiger partial charge on any atom is 0.116 e. The minimum atomic E-state index is 0.316. The van der Waals surface area contributed by atoms with Crippen LogP contribution in [-0.4, -0.2) is 32.2 Å². The van der Waals surface area contributed by atoms with Crippen molar-refractivity contribution < 1.29 is 9.63 Å². The van der Waals surface area contributed by atoms with Gasteiger partial charge in [-0.05, 0) is 117 Å². The molecule has 4 heteroatoms. The van der Waals surface area contributed by atoms with Crippen molar-refractivity contribution in [1.82, 2.24) is 5.32 Å². The highest BCUT2D eigenvalue weighted by Crippen LogP contribution is 2.86. The Morgan fingerprint density at radius 1 is 1.13 bits per heavy atom. The normalized spacial score (nSPS) is 46.8. The molecule has 0 heterocycles. The predicted octanol–water partition coefficient (Wildman–Crippen LogP) is 5.77. The van der Waals surface area contributed by atoms with Gasteiger partial charge >= 0.3 is 0 Å². The summed E-state index contributed by atoms with van der Waals surface area (Å²) in [6.45, 7) is 11.3. The Bertz CT molecular complexity index is 786. The lowest BCUT2D eigenvalue weighted by atomic mass is 9.46. The van der Waals surface area contributed by atoms with Gasteiger partial charge in [-0.2, -0.15) is 0 Å². The molecule has 0 aromatic rings. The van der Waals surface area contributed by atoms with Crippen LogP contribution in [0.1, 0.15) is 86.0 Å². The molecule has 4 nitrogen and oxygen atoms in total. The molecule has 5 aliphatic carbocycles. The first-order chi connectivity index (χ1) is 14.7. The quantitative estimate of drug-likeness (QED) is 0.353. The number of fused-ring (bicyclic) bond motifs is 2. The number of oxime groups is 1. The number of hydrogen-bond acceptors (Lipinski definition) is 4. The molecule has 31 heavy (non-hydrogen) atoms. The van der Waals surface area contributed by atoms with Crippen LogP contribution < -0.4 is 5.32 Å². The molecule has 4 saturated carbocycles. The van der Waals surface area contributed by atoms with Crippen LogP contribution in [-0.2, 0) is 9.63 Å². The van der Waals surface area contributed by atoms with E-state index in [0.717, 1.165) is 29.8 Å². The highest BCUT2D eigenvalue weighted by atomic mass is 16.6. The molecule has 0 radical (unpaired) electrons. The molecule has 4 fully saturated rings. The van der Waals surface area contributed by atoms with Gasteiger partial charge in [0.25, 0.3) is 0 Å². The predicted molar refractivity (Wildman–Crippen MR) is 127 cm³/mol. The van der Waals surface area contributed by atoms with Crippen LogP contribution in [0.4, 0.5) is 0 Å². The Morgan fingerprint density at radius 2 is 1.84 bits per heavy atom. The number of carbonyl (C=O) groups is 1. The van der Waals surface area contributed by atoms with Crippen LogP contribution in [0.15, 0.2) is 16.8 Å². The summed E-state index contributed by atoms with van der Waals surface area (Å²) in [4.78, 5) is 13.9. The summed E-state index contributed by atoms with van der Waals surface area (Å²) in [6, 6.07) is 0.693. The molecule has 0 saturated heterocycles. The number of hydrogen-bond donors (Lipinski definition) is 1. The fourth-order valence-electron chi connectivity index (χ4n) is 9.72. The van der Waals surface area contributed by atoms with E-state index in [-0.39, 0.29) is 0 Å². The second-order valence-corrected chi connectivity index (χ2v) is 11.9. The molecule has 7 unspecified atom stereocenters. The Balaban J connectivity index is 0.000000730. The van der Waals surface area contributed by atoms with Crippen molar-refractivity contribution >= 4 is 12.0 Å². The summed E-state index contributed by atoms with van der Waals surface area (Å²) in [6.07, 6.45) is 14.6. The number of carbonyl (C=O) groups excluding carboxylic acids is 1. The average Bonchev–Trinajstić information content (AvgIpc) is 3.25. The van der Waals surface area contributed by atoms with E-state index in [1.165, 1.54) is 63.9 Å². The second kappa shape index (κ2) is 7.71. The van der Waals surface area contributed by atoms with Gasteiger partial charge in [-0.15, -0.1) is 0 Å². The van der Waals surface area contributed by atoms with Crippen LogP contribution in [0, 0.1) is 39.4 Å². The van der Waals surface area contributed by atoms with Crippen LogP contribution in [0.3, 0.4) is 0 Å². The topological polar surface area (TPSA) is 50.7 Å². The van der Waals surface area contributed by atoms with Crippen molar-refractivity contribution in [3.05, 3.63) is 11.6 Å². The van der Waals surface area contributed by atoms with Gasteiger partial charge in [0.1, 0.15) is 13.4 Å². The Labute approximate surface area is 189 Å². The minimum Gasteiger partial charge on any atom is -0.399 e. The van der Waals surface area contributed by atoms with Gasteiger partial charge in [0.15, 0.2) is 0 Å². The highest BCUT2D eigenvalue weighted by molar-refractivity contribution is 5.99. The fourth-order valence-corrected chi connectivity index (χ4v) is 9.72. The standard InChI is InChI=1S/C25H40N2O.C2H4O/c1-16(27-28-6)17-7-8-18-19-9-10-20-22(2,3)21(26-5)11-12-25(20)15-24(19,25)14-13-23(17,18)4;1-2-3/h7,18-21,26H,8-15H2,1-6H3;2H,1H3/b27-16-;. The van der Waals surface area contributed by atoms with Gasteiger partial charge in [0.05, 0.1) is 5.71 Å². The maximum absolute atomic E-state index is 8.81. The maximum atomic E-state index is 8.81. The molecule has 1 N–H and O–H groups in total. The molecular weight excluding hydrogens is 384 g/mol. The minimum absolute atomic E-state index is 0.316. The monoisotopic (exact) mass is 428 g/mol. The van der Waals surface area contributed by atoms with Crippen LogP contribution in [0.5, 0.6) is 0 Å². The number of allylic oxidation sites excluding steroid dienone is 2. The second-order valence-electron chi connectivity index (χ2n) is 11.9. The van der Waals surface area contributed by atoms with Crippen molar-refractivity contribution in [1.29, 1.82) is 0 Å². The molecular formula is C27H44N2O2. The van der Waals surface area contributed by atoms with Gasteiger partial charge in [-0.3, -0.25) is 0 Å². The van der Waals surface area contributed by atoms with Crippen LogP contribution in [0.2, 0.25) is 0 Å². The van der Waals surface area contributed by atoms with E-state index in [0.29, 0.717) is 27.7 Å². The van der Waals surface area contributed by atoms with Crippen molar-refractivity contribution in [2.45, 2.75) is 92.0 Å². The largest absolute Gasteiger partial charge is 0.399 e. The van der Waals surface area contributed by atoms with Crippen molar-refractivity contribution in [2.24, 2.45) is 44.6 Å². The van der Waals surface area contributed by atoms with E-state index < -0.39 is 0 Å². The summed E-state index contributed by atoms with van der Waals surface area (Å²) in [7, 11) is 3.85. The number of nitrogens with one attached hydrogen (secondary N) is 1. The third-order valence-electron chi connectivity index (χ3n) is 10.9. The molecule has 2 spiro atoms. The SMILES string of the molecule is CC=O.CNC1CCC23CC24CCC2(C)C(/C(C)=N\OC)=CCC2C4CCC3C1(C)C. The molecule has 0 amide bonds. The lowest BCUT2D eigenvalue weighted by Crippen LogP contribution is -2.56. The number of nitrogens with zero attached hydrogens (tertiary/aromatic N) is 1. The van der Waals surface area contributed by atoms with E-state index in [1.54, 1.807) is 7.11 Å². The molecule has 5 rings (SSSR count). The first-order valence-corrected chi connectivity index (χ1v) is 12.5. The van der Waals surface area contributed by atoms with Crippen molar-refractivity contribution in [3.63, 3.8) is 0 Å².